The topological polar surface area (TPSA) is 65.7 Å². The molecule has 1 amide bonds. The van der Waals surface area contributed by atoms with E-state index in [-0.39, 0.29) is 12.5 Å². The van der Waals surface area contributed by atoms with Crippen LogP contribution < -0.4 is 5.32 Å². The van der Waals surface area contributed by atoms with Gasteiger partial charge in [-0.05, 0) is 55.1 Å². The molecule has 0 atom stereocenters. The fourth-order valence-corrected chi connectivity index (χ4v) is 3.13. The molecule has 1 aliphatic heterocycles. The maximum atomic E-state index is 12.3. The number of hydrogen-bond acceptors (Lipinski definition) is 4. The zero-order chi connectivity index (χ0) is 17.6. The zero-order valence-corrected chi connectivity index (χ0v) is 14.7. The number of nitrogens with zero attached hydrogens (tertiary/aromatic N) is 1. The van der Waals surface area contributed by atoms with Crippen LogP contribution in [0, 0.1) is 5.92 Å². The minimum absolute atomic E-state index is 0.00138. The molecule has 1 aliphatic rings. The number of benzene rings is 1. The van der Waals surface area contributed by atoms with Gasteiger partial charge in [0, 0.05) is 6.54 Å². The number of nitrogens with one attached hydrogen (secondary N) is 1. The molecular formula is C20H26N2O3. The summed E-state index contributed by atoms with van der Waals surface area (Å²) in [6, 6.07) is 11.2. The van der Waals surface area contributed by atoms with Crippen molar-refractivity contribution >= 4 is 5.91 Å². The van der Waals surface area contributed by atoms with Crippen molar-refractivity contribution in [1.82, 2.24) is 10.2 Å². The van der Waals surface area contributed by atoms with Gasteiger partial charge in [-0.15, -0.1) is 0 Å². The SMILES string of the molecule is CC1CCN(Cc2ccc(C(=O)NCc3cccc(CO)c3)o2)CC1. The number of carbonyl (C=O) groups is 1. The molecule has 1 saturated heterocycles. The smallest absolute Gasteiger partial charge is 0.287 e. The number of aliphatic hydroxyl groups excluding tert-OH is 1. The van der Waals surface area contributed by atoms with Gasteiger partial charge in [0.25, 0.3) is 5.91 Å². The molecule has 0 radical (unpaired) electrons. The molecule has 3 rings (SSSR count). The lowest BCUT2D eigenvalue weighted by atomic mass is 9.99. The highest BCUT2D eigenvalue weighted by molar-refractivity contribution is 5.91. The molecule has 1 fully saturated rings. The molecule has 1 aromatic carbocycles. The number of aliphatic hydroxyl groups is 1. The summed E-state index contributed by atoms with van der Waals surface area (Å²) >= 11 is 0. The quantitative estimate of drug-likeness (QED) is 0.847. The number of likely N-dealkylation sites (tertiary alicyclic amines) is 1. The monoisotopic (exact) mass is 342 g/mol. The number of piperidine rings is 1. The van der Waals surface area contributed by atoms with Crippen LogP contribution >= 0.6 is 0 Å². The lowest BCUT2D eigenvalue weighted by molar-refractivity contribution is 0.0917. The molecule has 1 aromatic heterocycles. The van der Waals surface area contributed by atoms with E-state index in [1.165, 1.54) is 12.8 Å². The van der Waals surface area contributed by atoms with Crippen molar-refractivity contribution in [2.24, 2.45) is 5.92 Å². The third-order valence-corrected chi connectivity index (χ3v) is 4.77. The highest BCUT2D eigenvalue weighted by Crippen LogP contribution is 2.19. The second-order valence-electron chi connectivity index (χ2n) is 6.89. The minimum atomic E-state index is -0.215. The Hall–Kier alpha value is -2.11. The maximum Gasteiger partial charge on any atom is 0.287 e. The van der Waals surface area contributed by atoms with Crippen LogP contribution in [0.2, 0.25) is 0 Å². The van der Waals surface area contributed by atoms with E-state index in [1.54, 1.807) is 6.07 Å². The predicted molar refractivity (Wildman–Crippen MR) is 95.9 cm³/mol. The van der Waals surface area contributed by atoms with Gasteiger partial charge in [-0.2, -0.15) is 0 Å². The van der Waals surface area contributed by atoms with E-state index in [9.17, 15) is 4.79 Å². The first kappa shape index (κ1) is 17.7. The van der Waals surface area contributed by atoms with Crippen molar-refractivity contribution in [3.05, 3.63) is 59.0 Å². The number of rotatable bonds is 6. The lowest BCUT2D eigenvalue weighted by Gasteiger charge is -2.29. The van der Waals surface area contributed by atoms with Gasteiger partial charge in [0.1, 0.15) is 5.76 Å². The first-order chi connectivity index (χ1) is 12.1. The molecule has 2 heterocycles. The second-order valence-corrected chi connectivity index (χ2v) is 6.89. The highest BCUT2D eigenvalue weighted by atomic mass is 16.4. The van der Waals surface area contributed by atoms with Crippen LogP contribution in [0.15, 0.2) is 40.8 Å². The lowest BCUT2D eigenvalue weighted by Crippen LogP contribution is -2.32. The molecule has 0 unspecified atom stereocenters. The van der Waals surface area contributed by atoms with E-state index in [1.807, 2.05) is 30.3 Å². The number of furan rings is 1. The summed E-state index contributed by atoms with van der Waals surface area (Å²) in [5.74, 6) is 1.77. The van der Waals surface area contributed by atoms with Crippen molar-refractivity contribution < 1.29 is 14.3 Å². The fraction of sp³-hybridized carbons (Fsp3) is 0.450. The van der Waals surface area contributed by atoms with E-state index in [0.717, 1.165) is 42.4 Å². The Bertz CT molecular complexity index is 702. The highest BCUT2D eigenvalue weighted by Gasteiger charge is 2.18. The van der Waals surface area contributed by atoms with Crippen LogP contribution in [-0.2, 0) is 19.7 Å². The Labute approximate surface area is 148 Å². The van der Waals surface area contributed by atoms with E-state index in [2.05, 4.69) is 17.1 Å². The second kappa shape index (κ2) is 8.32. The first-order valence-electron chi connectivity index (χ1n) is 8.92. The maximum absolute atomic E-state index is 12.3. The van der Waals surface area contributed by atoms with Gasteiger partial charge >= 0.3 is 0 Å². The molecule has 0 spiro atoms. The molecule has 0 aliphatic carbocycles. The summed E-state index contributed by atoms with van der Waals surface area (Å²) in [6.45, 7) is 5.64. The summed E-state index contributed by atoms with van der Waals surface area (Å²) in [4.78, 5) is 14.6. The van der Waals surface area contributed by atoms with Crippen LogP contribution in [-0.4, -0.2) is 29.0 Å². The molecule has 5 heteroatoms. The predicted octanol–water partition coefficient (Wildman–Crippen LogP) is 2.93. The number of carbonyl (C=O) groups excluding carboxylic acids is 1. The average Bonchev–Trinajstić information content (AvgIpc) is 3.10. The standard InChI is InChI=1S/C20H26N2O3/c1-15-7-9-22(10-8-15)13-18-5-6-19(25-18)20(24)21-12-16-3-2-4-17(11-16)14-23/h2-6,11,15,23H,7-10,12-14H2,1H3,(H,21,24). The van der Waals surface area contributed by atoms with E-state index < -0.39 is 0 Å². The largest absolute Gasteiger partial charge is 0.455 e. The Balaban J connectivity index is 1.51. The number of hydrogen-bond donors (Lipinski definition) is 2. The fourth-order valence-electron chi connectivity index (χ4n) is 3.13. The zero-order valence-electron chi connectivity index (χ0n) is 14.7. The molecule has 0 saturated carbocycles. The minimum Gasteiger partial charge on any atom is -0.455 e. The molecule has 2 aromatic rings. The van der Waals surface area contributed by atoms with Gasteiger partial charge in [-0.25, -0.2) is 0 Å². The van der Waals surface area contributed by atoms with Gasteiger partial charge in [-0.3, -0.25) is 9.69 Å². The third kappa shape index (κ3) is 4.94. The molecule has 5 nitrogen and oxygen atoms in total. The van der Waals surface area contributed by atoms with Crippen molar-refractivity contribution in [2.45, 2.75) is 39.5 Å². The average molecular weight is 342 g/mol. The molecule has 0 bridgehead atoms. The summed E-state index contributed by atoms with van der Waals surface area (Å²) in [5, 5.41) is 12.0. The molecule has 25 heavy (non-hydrogen) atoms. The van der Waals surface area contributed by atoms with Gasteiger partial charge in [-0.1, -0.05) is 31.2 Å². The summed E-state index contributed by atoms with van der Waals surface area (Å²) in [6.07, 6.45) is 2.45. The van der Waals surface area contributed by atoms with E-state index in [4.69, 9.17) is 9.52 Å². The van der Waals surface area contributed by atoms with Crippen molar-refractivity contribution in [1.29, 1.82) is 0 Å². The summed E-state index contributed by atoms with van der Waals surface area (Å²) in [7, 11) is 0. The molecule has 2 N–H and O–H groups in total. The van der Waals surface area contributed by atoms with Gasteiger partial charge < -0.3 is 14.8 Å². The van der Waals surface area contributed by atoms with Crippen molar-refractivity contribution in [2.75, 3.05) is 13.1 Å². The third-order valence-electron chi connectivity index (χ3n) is 4.77. The van der Waals surface area contributed by atoms with Crippen LogP contribution in [0.4, 0.5) is 0 Å². The molecule has 134 valence electrons. The number of amides is 1. The Kier molecular flexibility index (Phi) is 5.89. The van der Waals surface area contributed by atoms with Crippen LogP contribution in [0.5, 0.6) is 0 Å². The summed E-state index contributed by atoms with van der Waals surface area (Å²) < 4.78 is 5.71. The summed E-state index contributed by atoms with van der Waals surface area (Å²) in [5.41, 5.74) is 1.79. The van der Waals surface area contributed by atoms with E-state index >= 15 is 0 Å². The Morgan fingerprint density at radius 1 is 1.24 bits per heavy atom. The van der Waals surface area contributed by atoms with Crippen LogP contribution in [0.3, 0.4) is 0 Å². The van der Waals surface area contributed by atoms with Crippen molar-refractivity contribution in [3.8, 4) is 0 Å². The normalized spacial score (nSPS) is 16.1. The van der Waals surface area contributed by atoms with Gasteiger partial charge in [0.2, 0.25) is 0 Å². The van der Waals surface area contributed by atoms with Gasteiger partial charge in [0.05, 0.1) is 13.2 Å². The van der Waals surface area contributed by atoms with Crippen LogP contribution in [0.25, 0.3) is 0 Å². The Morgan fingerprint density at radius 2 is 2.00 bits per heavy atom. The van der Waals surface area contributed by atoms with E-state index in [0.29, 0.717) is 12.3 Å². The van der Waals surface area contributed by atoms with Gasteiger partial charge in [0.15, 0.2) is 5.76 Å². The Morgan fingerprint density at radius 3 is 2.76 bits per heavy atom. The molecular weight excluding hydrogens is 316 g/mol. The van der Waals surface area contributed by atoms with Crippen molar-refractivity contribution in [3.63, 3.8) is 0 Å². The first-order valence-corrected chi connectivity index (χ1v) is 8.92. The van der Waals surface area contributed by atoms with Crippen LogP contribution in [0.1, 0.15) is 47.2 Å².